The molecule has 1 rings (SSSR count). The maximum Gasteiger partial charge on any atom is 0.0542 e. The topological polar surface area (TPSA) is 12.9 Å². The zero-order valence-corrected chi connectivity index (χ0v) is 4.74. The molecule has 0 unspecified atom stereocenters. The molecule has 0 spiro atoms. The molecular weight excluding hydrogens is 106 g/mol. The van der Waals surface area contributed by atoms with Crippen molar-refractivity contribution in [3.05, 3.63) is 24.1 Å². The van der Waals surface area contributed by atoms with Crippen molar-refractivity contribution >= 4 is 11.5 Å². The summed E-state index contributed by atoms with van der Waals surface area (Å²) in [6.45, 7) is 3.67. The van der Waals surface area contributed by atoms with Crippen LogP contribution in [-0.2, 0) is 6.42 Å². The molecule has 1 aromatic heterocycles. The summed E-state index contributed by atoms with van der Waals surface area (Å²) in [6, 6.07) is 1.98. The highest BCUT2D eigenvalue weighted by atomic mass is 32.1. The van der Waals surface area contributed by atoms with E-state index in [0.717, 1.165) is 12.1 Å². The average molecular weight is 112 g/mol. The zero-order chi connectivity index (χ0) is 5.11. The normalized spacial score (nSPS) is 9.29. The predicted molar refractivity (Wildman–Crippen MR) is 31.2 cm³/mol. The lowest BCUT2D eigenvalue weighted by atomic mass is 10.4. The van der Waals surface area contributed by atoms with Crippen LogP contribution in [0, 0.1) is 6.92 Å². The van der Waals surface area contributed by atoms with Crippen molar-refractivity contribution in [3.8, 4) is 0 Å². The lowest BCUT2D eigenvalue weighted by Gasteiger charge is -1.76. The average Bonchev–Trinajstić information content (AvgIpc) is 2.14. The van der Waals surface area contributed by atoms with E-state index in [1.54, 1.807) is 0 Å². The van der Waals surface area contributed by atoms with E-state index < -0.39 is 0 Å². The van der Waals surface area contributed by atoms with Crippen LogP contribution in [0.2, 0.25) is 0 Å². The van der Waals surface area contributed by atoms with Crippen molar-refractivity contribution in [2.24, 2.45) is 0 Å². The van der Waals surface area contributed by atoms with Gasteiger partial charge in [-0.1, -0.05) is 0 Å². The summed E-state index contributed by atoms with van der Waals surface area (Å²) in [4.78, 5) is 0. The second-order valence-electron chi connectivity index (χ2n) is 1.24. The summed E-state index contributed by atoms with van der Waals surface area (Å²) in [5.41, 5.74) is 1.09. The first kappa shape index (κ1) is 4.78. The highest BCUT2D eigenvalue weighted by molar-refractivity contribution is 7.03. The summed E-state index contributed by atoms with van der Waals surface area (Å²) < 4.78 is 4.01. The second kappa shape index (κ2) is 2.07. The van der Waals surface area contributed by atoms with Gasteiger partial charge in [0.1, 0.15) is 0 Å². The van der Waals surface area contributed by atoms with Crippen LogP contribution in [0.4, 0.5) is 0 Å². The van der Waals surface area contributed by atoms with E-state index in [1.807, 2.05) is 11.4 Å². The molecule has 0 aliphatic rings. The molecule has 1 nitrogen and oxygen atoms in total. The molecule has 37 valence electrons. The van der Waals surface area contributed by atoms with E-state index in [1.165, 1.54) is 11.5 Å². The molecule has 0 amide bonds. The van der Waals surface area contributed by atoms with Crippen molar-refractivity contribution in [2.45, 2.75) is 6.42 Å². The third kappa shape index (κ3) is 0.996. The molecule has 0 fully saturated rings. The monoisotopic (exact) mass is 112 g/mol. The molecule has 0 atom stereocenters. The van der Waals surface area contributed by atoms with Crippen molar-refractivity contribution < 1.29 is 0 Å². The number of hydrogen-bond donors (Lipinski definition) is 0. The van der Waals surface area contributed by atoms with Crippen molar-refractivity contribution in [3.63, 3.8) is 0 Å². The number of nitrogens with zero attached hydrogens (tertiary/aromatic N) is 1. The molecule has 0 aliphatic heterocycles. The van der Waals surface area contributed by atoms with Crippen LogP contribution < -0.4 is 0 Å². The van der Waals surface area contributed by atoms with Crippen LogP contribution in [0.5, 0.6) is 0 Å². The molecule has 0 aliphatic carbocycles. The van der Waals surface area contributed by atoms with Gasteiger partial charge in [0.15, 0.2) is 0 Å². The quantitative estimate of drug-likeness (QED) is 0.536. The van der Waals surface area contributed by atoms with Gasteiger partial charge in [0.2, 0.25) is 0 Å². The summed E-state index contributed by atoms with van der Waals surface area (Å²) in [5, 5.41) is 1.96. The first-order valence-electron chi connectivity index (χ1n) is 2.12. The Labute approximate surface area is 47.2 Å². The summed E-state index contributed by atoms with van der Waals surface area (Å²) >= 11 is 1.47. The Kier molecular flexibility index (Phi) is 1.42. The minimum absolute atomic E-state index is 0.809. The zero-order valence-electron chi connectivity index (χ0n) is 3.92. The fourth-order valence-electron chi connectivity index (χ4n) is 0.367. The van der Waals surface area contributed by atoms with Gasteiger partial charge in [0.25, 0.3) is 0 Å². The second-order valence-corrected chi connectivity index (χ2v) is 1.91. The minimum Gasteiger partial charge on any atom is -0.198 e. The molecule has 0 aromatic carbocycles. The Morgan fingerprint density at radius 3 is 3.00 bits per heavy atom. The van der Waals surface area contributed by atoms with Gasteiger partial charge < -0.3 is 0 Å². The van der Waals surface area contributed by atoms with Gasteiger partial charge in [-0.2, -0.15) is 4.37 Å². The van der Waals surface area contributed by atoms with Crippen LogP contribution in [0.1, 0.15) is 5.69 Å². The van der Waals surface area contributed by atoms with Crippen LogP contribution >= 0.6 is 11.5 Å². The Hall–Kier alpha value is -0.370. The number of aromatic nitrogens is 1. The Balaban J connectivity index is 2.76. The van der Waals surface area contributed by atoms with Gasteiger partial charge in [-0.25, -0.2) is 0 Å². The first-order chi connectivity index (χ1) is 3.43. The summed E-state index contributed by atoms with van der Waals surface area (Å²) in [5.74, 6) is 0. The number of rotatable bonds is 1. The fraction of sp³-hybridized carbons (Fsp3) is 0.200. The van der Waals surface area contributed by atoms with Crippen molar-refractivity contribution in [1.82, 2.24) is 4.37 Å². The van der Waals surface area contributed by atoms with Gasteiger partial charge in [-0.3, -0.25) is 0 Å². The lowest BCUT2D eigenvalue weighted by molar-refractivity contribution is 1.19. The molecule has 0 bridgehead atoms. The maximum atomic E-state index is 4.01. The third-order valence-electron chi connectivity index (χ3n) is 0.747. The van der Waals surface area contributed by atoms with E-state index in [4.69, 9.17) is 0 Å². The van der Waals surface area contributed by atoms with Gasteiger partial charge >= 0.3 is 0 Å². The third-order valence-corrected chi connectivity index (χ3v) is 1.35. The first-order valence-corrected chi connectivity index (χ1v) is 2.95. The summed E-state index contributed by atoms with van der Waals surface area (Å²) in [6.07, 6.45) is 0.809. The molecule has 1 heterocycles. The molecule has 1 radical (unpaired) electrons. The molecule has 7 heavy (non-hydrogen) atoms. The largest absolute Gasteiger partial charge is 0.198 e. The fourth-order valence-corrected chi connectivity index (χ4v) is 0.933. The van der Waals surface area contributed by atoms with Crippen molar-refractivity contribution in [1.29, 1.82) is 0 Å². The molecule has 1 aromatic rings. The molecule has 0 N–H and O–H groups in total. The van der Waals surface area contributed by atoms with Gasteiger partial charge in [0, 0.05) is 5.38 Å². The highest BCUT2D eigenvalue weighted by Gasteiger charge is 1.84. The predicted octanol–water partition coefficient (Wildman–Crippen LogP) is 1.52. The Bertz CT molecular complexity index is 123. The van der Waals surface area contributed by atoms with Gasteiger partial charge in [-0.05, 0) is 30.9 Å². The maximum absolute atomic E-state index is 4.01. The molecule has 0 saturated heterocycles. The SMILES string of the molecule is [CH2]Cc1ccsn1. The Morgan fingerprint density at radius 2 is 2.71 bits per heavy atom. The van der Waals surface area contributed by atoms with E-state index >= 15 is 0 Å². The van der Waals surface area contributed by atoms with E-state index in [0.29, 0.717) is 0 Å². The highest BCUT2D eigenvalue weighted by Crippen LogP contribution is 1.98. The lowest BCUT2D eigenvalue weighted by Crippen LogP contribution is -1.72. The molecule has 0 saturated carbocycles. The Morgan fingerprint density at radius 1 is 1.86 bits per heavy atom. The van der Waals surface area contributed by atoms with Crippen LogP contribution in [-0.4, -0.2) is 4.37 Å². The van der Waals surface area contributed by atoms with E-state index in [-0.39, 0.29) is 0 Å². The van der Waals surface area contributed by atoms with E-state index in [9.17, 15) is 0 Å². The summed E-state index contributed by atoms with van der Waals surface area (Å²) in [7, 11) is 0. The van der Waals surface area contributed by atoms with Gasteiger partial charge in [0.05, 0.1) is 5.69 Å². The van der Waals surface area contributed by atoms with Crippen LogP contribution in [0.3, 0.4) is 0 Å². The molecule has 2 heteroatoms. The minimum atomic E-state index is 0.809. The van der Waals surface area contributed by atoms with E-state index in [2.05, 4.69) is 11.3 Å². The van der Waals surface area contributed by atoms with Gasteiger partial charge in [-0.15, -0.1) is 0 Å². The smallest absolute Gasteiger partial charge is 0.0542 e. The standard InChI is InChI=1S/C5H6NS/c1-2-5-3-4-7-6-5/h3-4H,1-2H2. The number of hydrogen-bond acceptors (Lipinski definition) is 2. The van der Waals surface area contributed by atoms with Crippen LogP contribution in [0.25, 0.3) is 0 Å². The van der Waals surface area contributed by atoms with Crippen LogP contribution in [0.15, 0.2) is 11.4 Å². The van der Waals surface area contributed by atoms with Crippen molar-refractivity contribution in [2.75, 3.05) is 0 Å². The molecular formula is C5H6NS.